The van der Waals surface area contributed by atoms with E-state index < -0.39 is 0 Å². The highest BCUT2D eigenvalue weighted by molar-refractivity contribution is 9.10. The maximum Gasteiger partial charge on any atom is 0.0409 e. The fourth-order valence-electron chi connectivity index (χ4n) is 1.54. The molecule has 0 spiro atoms. The van der Waals surface area contributed by atoms with Crippen molar-refractivity contribution in [2.24, 2.45) is 5.73 Å². The molecule has 17 heavy (non-hydrogen) atoms. The van der Waals surface area contributed by atoms with E-state index in [1.165, 1.54) is 16.0 Å². The van der Waals surface area contributed by atoms with Crippen LogP contribution in [0.5, 0.6) is 0 Å². The minimum atomic E-state index is 0.0835. The largest absolute Gasteiger partial charge is 0.323 e. The van der Waals surface area contributed by atoms with E-state index in [1.54, 1.807) is 11.3 Å². The summed E-state index contributed by atoms with van der Waals surface area (Å²) in [6, 6.07) is 8.50. The predicted molar refractivity (Wildman–Crippen MR) is 80.9 cm³/mol. The van der Waals surface area contributed by atoms with E-state index in [0.717, 1.165) is 10.2 Å². The summed E-state index contributed by atoms with van der Waals surface area (Å²) < 4.78 is 1.13. The van der Waals surface area contributed by atoms with Crippen LogP contribution in [0.2, 0.25) is 0 Å². The van der Waals surface area contributed by atoms with Gasteiger partial charge in [-0.2, -0.15) is 11.3 Å². The van der Waals surface area contributed by atoms with Gasteiger partial charge in [0, 0.05) is 26.5 Å². The highest BCUT2D eigenvalue weighted by Crippen LogP contribution is 2.31. The van der Waals surface area contributed by atoms with Crippen molar-refractivity contribution in [3.05, 3.63) is 50.6 Å². The molecule has 1 atom stereocenters. The number of nitrogens with two attached hydrogens (primary N) is 1. The van der Waals surface area contributed by atoms with Crippen molar-refractivity contribution >= 4 is 39.0 Å². The number of thioether (sulfide) groups is 1. The molecule has 1 aromatic heterocycles. The van der Waals surface area contributed by atoms with Crippen LogP contribution in [0.15, 0.2) is 44.4 Å². The Labute approximate surface area is 119 Å². The second-order valence-corrected chi connectivity index (χ2v) is 6.52. The fourth-order valence-corrected chi connectivity index (χ4v) is 4.21. The van der Waals surface area contributed by atoms with Crippen molar-refractivity contribution in [2.75, 3.05) is 5.75 Å². The Kier molecular flexibility index (Phi) is 4.68. The number of rotatable bonds is 4. The Morgan fingerprint density at radius 1 is 1.35 bits per heavy atom. The van der Waals surface area contributed by atoms with Crippen molar-refractivity contribution < 1.29 is 0 Å². The third kappa shape index (κ3) is 3.35. The second-order valence-electron chi connectivity index (χ2n) is 3.86. The van der Waals surface area contributed by atoms with Crippen molar-refractivity contribution in [1.82, 2.24) is 0 Å². The van der Waals surface area contributed by atoms with E-state index in [4.69, 9.17) is 5.73 Å². The molecule has 1 nitrogen and oxygen atoms in total. The Balaban J connectivity index is 2.00. The second kappa shape index (κ2) is 6.05. The van der Waals surface area contributed by atoms with Gasteiger partial charge in [0.2, 0.25) is 0 Å². The molecule has 0 amide bonds. The van der Waals surface area contributed by atoms with E-state index in [0.29, 0.717) is 0 Å². The van der Waals surface area contributed by atoms with Gasteiger partial charge in [0.25, 0.3) is 0 Å². The lowest BCUT2D eigenvalue weighted by molar-refractivity contribution is 0.831. The Morgan fingerprint density at radius 2 is 2.12 bits per heavy atom. The summed E-state index contributed by atoms with van der Waals surface area (Å²) in [6.07, 6.45) is 0. The summed E-state index contributed by atoms with van der Waals surface area (Å²) in [6.45, 7) is 2.13. The highest BCUT2D eigenvalue weighted by Gasteiger charge is 2.11. The fraction of sp³-hybridized carbons (Fsp3) is 0.231. The average molecular weight is 328 g/mol. The molecule has 0 radical (unpaired) electrons. The smallest absolute Gasteiger partial charge is 0.0409 e. The quantitative estimate of drug-likeness (QED) is 0.830. The third-order valence-corrected chi connectivity index (χ3v) is 5.60. The zero-order chi connectivity index (χ0) is 12.3. The molecule has 1 heterocycles. The summed E-state index contributed by atoms with van der Waals surface area (Å²) in [5.74, 6) is 0.903. The normalized spacial score (nSPS) is 12.6. The summed E-state index contributed by atoms with van der Waals surface area (Å²) in [5, 5.41) is 4.20. The maximum atomic E-state index is 6.19. The van der Waals surface area contributed by atoms with Gasteiger partial charge in [0.1, 0.15) is 0 Å². The van der Waals surface area contributed by atoms with Crippen LogP contribution < -0.4 is 5.73 Å². The summed E-state index contributed by atoms with van der Waals surface area (Å²) in [4.78, 5) is 1.31. The predicted octanol–water partition coefficient (Wildman–Crippen LogP) is 4.61. The molecular formula is C13H14BrNS2. The number of hydrogen-bond acceptors (Lipinski definition) is 3. The van der Waals surface area contributed by atoms with Gasteiger partial charge in [0.15, 0.2) is 0 Å². The molecule has 0 aliphatic heterocycles. The number of aryl methyl sites for hydroxylation is 1. The lowest BCUT2D eigenvalue weighted by atomic mass is 10.2. The molecule has 0 aliphatic carbocycles. The van der Waals surface area contributed by atoms with Crippen molar-refractivity contribution in [3.63, 3.8) is 0 Å². The molecule has 0 aliphatic rings. The third-order valence-electron chi connectivity index (χ3n) is 2.55. The van der Waals surface area contributed by atoms with Gasteiger partial charge in [-0.15, -0.1) is 11.8 Å². The van der Waals surface area contributed by atoms with E-state index in [9.17, 15) is 0 Å². The van der Waals surface area contributed by atoms with E-state index in [2.05, 4.69) is 57.9 Å². The number of benzene rings is 1. The van der Waals surface area contributed by atoms with Crippen LogP contribution >= 0.6 is 39.0 Å². The van der Waals surface area contributed by atoms with E-state index in [-0.39, 0.29) is 6.04 Å². The molecule has 0 bridgehead atoms. The molecule has 2 rings (SSSR count). The standard InChI is InChI=1S/C13H14BrNS2/c1-9-4-2-3-5-13(9)17-8-12(15)10-6-16-7-11(10)14/h2-7,12H,8,15H2,1H3. The van der Waals surface area contributed by atoms with Crippen LogP contribution in [0.4, 0.5) is 0 Å². The monoisotopic (exact) mass is 327 g/mol. The molecule has 1 unspecified atom stereocenters. The topological polar surface area (TPSA) is 26.0 Å². The molecule has 0 saturated heterocycles. The Hall–Kier alpha value is -0.290. The van der Waals surface area contributed by atoms with Crippen LogP contribution in [-0.4, -0.2) is 5.75 Å². The van der Waals surface area contributed by atoms with Crippen molar-refractivity contribution in [1.29, 1.82) is 0 Å². The van der Waals surface area contributed by atoms with Gasteiger partial charge < -0.3 is 5.73 Å². The van der Waals surface area contributed by atoms with Gasteiger partial charge in [-0.25, -0.2) is 0 Å². The SMILES string of the molecule is Cc1ccccc1SCC(N)c1cscc1Br. The van der Waals surface area contributed by atoms with Crippen LogP contribution in [0.3, 0.4) is 0 Å². The maximum absolute atomic E-state index is 6.19. The molecule has 90 valence electrons. The minimum Gasteiger partial charge on any atom is -0.323 e. The van der Waals surface area contributed by atoms with Gasteiger partial charge in [-0.1, -0.05) is 18.2 Å². The first-order chi connectivity index (χ1) is 8.18. The molecule has 0 fully saturated rings. The van der Waals surface area contributed by atoms with Crippen molar-refractivity contribution in [3.8, 4) is 0 Å². The minimum absolute atomic E-state index is 0.0835. The summed E-state index contributed by atoms with van der Waals surface area (Å²) in [5.41, 5.74) is 8.71. The molecule has 2 N–H and O–H groups in total. The number of halogens is 1. The number of thiophene rings is 1. The van der Waals surface area contributed by atoms with Gasteiger partial charge in [-0.05, 0) is 45.4 Å². The first-order valence-corrected chi connectivity index (χ1v) is 8.06. The van der Waals surface area contributed by atoms with Crippen LogP contribution in [-0.2, 0) is 0 Å². The van der Waals surface area contributed by atoms with Crippen LogP contribution in [0.25, 0.3) is 0 Å². The molecule has 2 aromatic rings. The van der Waals surface area contributed by atoms with E-state index in [1.807, 2.05) is 11.8 Å². The first-order valence-electron chi connectivity index (χ1n) is 5.34. The summed E-state index contributed by atoms with van der Waals surface area (Å²) in [7, 11) is 0. The lowest BCUT2D eigenvalue weighted by Gasteiger charge is -2.11. The average Bonchev–Trinajstić information content (AvgIpc) is 2.74. The number of hydrogen-bond donors (Lipinski definition) is 1. The zero-order valence-electron chi connectivity index (χ0n) is 9.52. The van der Waals surface area contributed by atoms with Gasteiger partial charge in [-0.3, -0.25) is 0 Å². The molecular weight excluding hydrogens is 314 g/mol. The summed E-state index contributed by atoms with van der Waals surface area (Å²) >= 11 is 7.03. The molecule has 1 aromatic carbocycles. The van der Waals surface area contributed by atoms with Crippen molar-refractivity contribution in [2.45, 2.75) is 17.9 Å². The molecule has 4 heteroatoms. The van der Waals surface area contributed by atoms with Gasteiger partial charge in [0.05, 0.1) is 0 Å². The lowest BCUT2D eigenvalue weighted by Crippen LogP contribution is -2.12. The van der Waals surface area contributed by atoms with E-state index >= 15 is 0 Å². The zero-order valence-corrected chi connectivity index (χ0v) is 12.7. The van der Waals surface area contributed by atoms with Crippen LogP contribution in [0.1, 0.15) is 17.2 Å². The Bertz CT molecular complexity index is 496. The van der Waals surface area contributed by atoms with Gasteiger partial charge >= 0.3 is 0 Å². The van der Waals surface area contributed by atoms with Crippen LogP contribution in [0, 0.1) is 6.92 Å². The Morgan fingerprint density at radius 3 is 2.76 bits per heavy atom. The first kappa shape index (κ1) is 13.1. The molecule has 0 saturated carbocycles. The highest BCUT2D eigenvalue weighted by atomic mass is 79.9.